The Bertz CT molecular complexity index is 1180. The van der Waals surface area contributed by atoms with Crippen molar-refractivity contribution in [2.24, 2.45) is 5.92 Å². The Morgan fingerprint density at radius 3 is 2.16 bits per heavy atom. The van der Waals surface area contributed by atoms with Crippen LogP contribution in [-0.2, 0) is 6.42 Å². The van der Waals surface area contributed by atoms with Gasteiger partial charge in [-0.05, 0) is 91.2 Å². The van der Waals surface area contributed by atoms with Crippen LogP contribution in [0.3, 0.4) is 0 Å². The minimum Gasteiger partial charge on any atom is -0.207 e. The van der Waals surface area contributed by atoms with Crippen molar-refractivity contribution in [3.05, 3.63) is 95.3 Å². The van der Waals surface area contributed by atoms with Crippen LogP contribution in [0.25, 0.3) is 22.3 Å². The van der Waals surface area contributed by atoms with Crippen LogP contribution in [0.2, 0.25) is 0 Å². The fourth-order valence-corrected chi connectivity index (χ4v) is 5.74. The molecule has 1 aliphatic carbocycles. The van der Waals surface area contributed by atoms with Crippen LogP contribution in [0, 0.1) is 23.4 Å². The van der Waals surface area contributed by atoms with Gasteiger partial charge in [0.1, 0.15) is 5.82 Å². The maximum atomic E-state index is 15.2. The minimum atomic E-state index is -0.818. The summed E-state index contributed by atoms with van der Waals surface area (Å²) in [6.45, 7) is 4.15. The molecule has 0 bridgehead atoms. The van der Waals surface area contributed by atoms with Gasteiger partial charge in [0.05, 0.1) is 0 Å². The van der Waals surface area contributed by atoms with Crippen LogP contribution in [0.5, 0.6) is 0 Å². The Labute approximate surface area is 220 Å². The average Bonchev–Trinajstić information content (AvgIpc) is 2.92. The average molecular weight is 505 g/mol. The van der Waals surface area contributed by atoms with E-state index in [-0.39, 0.29) is 11.4 Å². The fourth-order valence-electron chi connectivity index (χ4n) is 5.74. The lowest BCUT2D eigenvalue weighted by molar-refractivity contribution is 0.299. The lowest BCUT2D eigenvalue weighted by atomic mass is 9.76. The van der Waals surface area contributed by atoms with E-state index in [0.717, 1.165) is 35.4 Å². The predicted molar refractivity (Wildman–Crippen MR) is 149 cm³/mol. The van der Waals surface area contributed by atoms with Gasteiger partial charge >= 0.3 is 0 Å². The molecule has 1 fully saturated rings. The molecule has 0 radical (unpaired) electrons. The van der Waals surface area contributed by atoms with Gasteiger partial charge in [-0.3, -0.25) is 0 Å². The molecule has 37 heavy (non-hydrogen) atoms. The minimum absolute atomic E-state index is 0.141. The zero-order chi connectivity index (χ0) is 26.2. The molecule has 0 unspecified atom stereocenters. The van der Waals surface area contributed by atoms with Gasteiger partial charge in [-0.1, -0.05) is 93.3 Å². The number of hydrogen-bond donors (Lipinski definition) is 0. The normalized spacial score (nSPS) is 18.0. The first-order chi connectivity index (χ1) is 18.0. The van der Waals surface area contributed by atoms with Crippen molar-refractivity contribution < 1.29 is 13.2 Å². The van der Waals surface area contributed by atoms with Crippen molar-refractivity contribution in [1.82, 2.24) is 0 Å². The number of allylic oxidation sites excluding steroid dienone is 2. The molecule has 0 saturated heterocycles. The fraction of sp³-hybridized carbons (Fsp3) is 0.412. The second-order valence-electron chi connectivity index (χ2n) is 10.5. The topological polar surface area (TPSA) is 0 Å². The molecule has 0 amide bonds. The van der Waals surface area contributed by atoms with Gasteiger partial charge in [0, 0.05) is 5.56 Å². The lowest BCUT2D eigenvalue weighted by Crippen LogP contribution is -2.14. The summed E-state index contributed by atoms with van der Waals surface area (Å²) < 4.78 is 44.6. The highest BCUT2D eigenvalue weighted by Crippen LogP contribution is 2.39. The van der Waals surface area contributed by atoms with Crippen LogP contribution >= 0.6 is 0 Å². The van der Waals surface area contributed by atoms with Gasteiger partial charge in [0.2, 0.25) is 0 Å². The highest BCUT2D eigenvalue weighted by Gasteiger charge is 2.24. The summed E-state index contributed by atoms with van der Waals surface area (Å²) >= 11 is 0. The molecular weight excluding hydrogens is 465 g/mol. The van der Waals surface area contributed by atoms with Crippen molar-refractivity contribution in [3.63, 3.8) is 0 Å². The van der Waals surface area contributed by atoms with Crippen LogP contribution in [0.1, 0.15) is 88.7 Å². The Hall–Kier alpha value is -2.81. The second-order valence-corrected chi connectivity index (χ2v) is 10.5. The van der Waals surface area contributed by atoms with Crippen LogP contribution in [0.4, 0.5) is 13.2 Å². The predicted octanol–water partition coefficient (Wildman–Crippen LogP) is 10.8. The van der Waals surface area contributed by atoms with Crippen molar-refractivity contribution in [1.29, 1.82) is 0 Å². The van der Waals surface area contributed by atoms with E-state index >= 15 is 4.39 Å². The van der Waals surface area contributed by atoms with E-state index in [9.17, 15) is 8.78 Å². The van der Waals surface area contributed by atoms with Crippen LogP contribution in [-0.4, -0.2) is 0 Å². The molecule has 0 N–H and O–H groups in total. The summed E-state index contributed by atoms with van der Waals surface area (Å²) in [7, 11) is 0. The van der Waals surface area contributed by atoms with E-state index in [1.807, 2.05) is 43.3 Å². The van der Waals surface area contributed by atoms with Crippen molar-refractivity contribution in [3.8, 4) is 22.3 Å². The molecule has 3 heteroatoms. The molecule has 0 aromatic heterocycles. The van der Waals surface area contributed by atoms with Gasteiger partial charge in [-0.25, -0.2) is 13.2 Å². The van der Waals surface area contributed by atoms with Gasteiger partial charge < -0.3 is 0 Å². The zero-order valence-electron chi connectivity index (χ0n) is 22.2. The standard InChI is InChI=1S/C34H39F3/c1-3-5-7-9-24-11-13-26(14-12-24)30-21-20-29(23-32(30)35)25-15-17-27(18-16-25)31-22-19-28(10-8-6-4-2)33(36)34(31)37/h4,6,15-24,26H,3,5,7-14H2,1-2H3. The van der Waals surface area contributed by atoms with E-state index in [0.29, 0.717) is 29.9 Å². The third kappa shape index (κ3) is 6.74. The summed E-state index contributed by atoms with van der Waals surface area (Å²) in [5.74, 6) is -0.633. The maximum Gasteiger partial charge on any atom is 0.166 e. The molecule has 1 aliphatic rings. The quantitative estimate of drug-likeness (QED) is 0.190. The number of unbranched alkanes of at least 4 members (excludes halogenated alkanes) is 2. The molecule has 196 valence electrons. The van der Waals surface area contributed by atoms with E-state index < -0.39 is 11.6 Å². The summed E-state index contributed by atoms with van der Waals surface area (Å²) in [5.41, 5.74) is 3.72. The molecular formula is C34H39F3. The smallest absolute Gasteiger partial charge is 0.166 e. The van der Waals surface area contributed by atoms with Gasteiger partial charge in [0.25, 0.3) is 0 Å². The maximum absolute atomic E-state index is 15.2. The first-order valence-electron chi connectivity index (χ1n) is 14.0. The first kappa shape index (κ1) is 27.2. The van der Waals surface area contributed by atoms with E-state index in [1.54, 1.807) is 30.3 Å². The lowest BCUT2D eigenvalue weighted by Gasteiger charge is -2.29. The summed E-state index contributed by atoms with van der Waals surface area (Å²) in [6, 6.07) is 16.1. The zero-order valence-corrected chi connectivity index (χ0v) is 22.2. The summed E-state index contributed by atoms with van der Waals surface area (Å²) in [5, 5.41) is 0. The SMILES string of the molecule is CC=CCCc1ccc(-c2ccc(-c3ccc(C4CCC(CCCCC)CC4)c(F)c3)cc2)c(F)c1F. The molecule has 3 aromatic rings. The molecule has 0 spiro atoms. The molecule has 0 atom stereocenters. The molecule has 0 heterocycles. The van der Waals surface area contributed by atoms with Crippen LogP contribution in [0.15, 0.2) is 66.7 Å². The Balaban J connectivity index is 1.43. The third-order valence-corrected chi connectivity index (χ3v) is 8.01. The molecule has 0 nitrogen and oxygen atoms in total. The number of halogens is 3. The number of hydrogen-bond acceptors (Lipinski definition) is 0. The highest BCUT2D eigenvalue weighted by molar-refractivity contribution is 5.71. The Morgan fingerprint density at radius 2 is 1.49 bits per heavy atom. The molecule has 1 saturated carbocycles. The summed E-state index contributed by atoms with van der Waals surface area (Å²) in [6.07, 6.45) is 14.7. The monoisotopic (exact) mass is 504 g/mol. The third-order valence-electron chi connectivity index (χ3n) is 8.01. The van der Waals surface area contributed by atoms with Crippen molar-refractivity contribution >= 4 is 0 Å². The van der Waals surface area contributed by atoms with Gasteiger partial charge in [-0.15, -0.1) is 0 Å². The Kier molecular flexibility index (Phi) is 9.66. The van der Waals surface area contributed by atoms with E-state index in [1.165, 1.54) is 38.5 Å². The van der Waals surface area contributed by atoms with E-state index in [2.05, 4.69) is 6.92 Å². The number of aryl methyl sites for hydroxylation is 1. The molecule has 0 aliphatic heterocycles. The highest BCUT2D eigenvalue weighted by atomic mass is 19.2. The number of rotatable bonds is 10. The number of benzene rings is 3. The van der Waals surface area contributed by atoms with Crippen molar-refractivity contribution in [2.45, 2.75) is 84.0 Å². The summed E-state index contributed by atoms with van der Waals surface area (Å²) in [4.78, 5) is 0. The molecule has 4 rings (SSSR count). The second kappa shape index (κ2) is 13.1. The first-order valence-corrected chi connectivity index (χ1v) is 14.0. The van der Waals surface area contributed by atoms with E-state index in [4.69, 9.17) is 0 Å². The van der Waals surface area contributed by atoms with Gasteiger partial charge in [-0.2, -0.15) is 0 Å². The van der Waals surface area contributed by atoms with Crippen LogP contribution < -0.4 is 0 Å². The largest absolute Gasteiger partial charge is 0.207 e. The molecule has 3 aromatic carbocycles. The van der Waals surface area contributed by atoms with Crippen molar-refractivity contribution in [2.75, 3.05) is 0 Å². The van der Waals surface area contributed by atoms with Gasteiger partial charge in [0.15, 0.2) is 11.6 Å². The Morgan fingerprint density at radius 1 is 0.784 bits per heavy atom.